The first-order valence-corrected chi connectivity index (χ1v) is 8.20. The van der Waals surface area contributed by atoms with Crippen LogP contribution in [-0.2, 0) is 10.0 Å². The van der Waals surface area contributed by atoms with Crippen molar-refractivity contribution in [1.82, 2.24) is 14.6 Å². The SMILES string of the molecule is CS(=O)(=O)NC1CCN(C(=O)c2cccc(=O)[nH]2)CC1. The summed E-state index contributed by atoms with van der Waals surface area (Å²) in [7, 11) is -3.22. The van der Waals surface area contributed by atoms with Gasteiger partial charge in [0.1, 0.15) is 5.69 Å². The number of amides is 1. The maximum Gasteiger partial charge on any atom is 0.270 e. The quantitative estimate of drug-likeness (QED) is 0.788. The third-order valence-corrected chi connectivity index (χ3v) is 3.92. The van der Waals surface area contributed by atoms with E-state index in [1.165, 1.54) is 12.1 Å². The van der Waals surface area contributed by atoms with E-state index in [1.807, 2.05) is 0 Å². The van der Waals surface area contributed by atoms with Gasteiger partial charge in [-0.05, 0) is 18.9 Å². The van der Waals surface area contributed by atoms with Crippen LogP contribution in [0.3, 0.4) is 0 Å². The van der Waals surface area contributed by atoms with Crippen LogP contribution in [0.5, 0.6) is 0 Å². The molecule has 8 heteroatoms. The average molecular weight is 299 g/mol. The summed E-state index contributed by atoms with van der Waals surface area (Å²) >= 11 is 0. The van der Waals surface area contributed by atoms with Gasteiger partial charge in [0, 0.05) is 25.2 Å². The molecule has 1 fully saturated rings. The van der Waals surface area contributed by atoms with Gasteiger partial charge >= 0.3 is 0 Å². The Kier molecular flexibility index (Phi) is 4.24. The molecule has 0 aliphatic carbocycles. The predicted molar refractivity (Wildman–Crippen MR) is 74.0 cm³/mol. The lowest BCUT2D eigenvalue weighted by molar-refractivity contribution is 0.0705. The topological polar surface area (TPSA) is 99.3 Å². The smallest absolute Gasteiger partial charge is 0.270 e. The fourth-order valence-corrected chi connectivity index (χ4v) is 3.09. The zero-order chi connectivity index (χ0) is 14.8. The summed E-state index contributed by atoms with van der Waals surface area (Å²) in [6.45, 7) is 0.923. The number of pyridine rings is 1. The molecule has 1 aromatic heterocycles. The Balaban J connectivity index is 1.97. The molecule has 7 nitrogen and oxygen atoms in total. The van der Waals surface area contributed by atoms with Gasteiger partial charge in [-0.3, -0.25) is 9.59 Å². The van der Waals surface area contributed by atoms with Crippen molar-refractivity contribution >= 4 is 15.9 Å². The van der Waals surface area contributed by atoms with Gasteiger partial charge in [-0.25, -0.2) is 13.1 Å². The van der Waals surface area contributed by atoms with E-state index in [9.17, 15) is 18.0 Å². The summed E-state index contributed by atoms with van der Waals surface area (Å²) in [4.78, 5) is 27.5. The highest BCUT2D eigenvalue weighted by molar-refractivity contribution is 7.88. The van der Waals surface area contributed by atoms with Gasteiger partial charge in [0.05, 0.1) is 6.26 Å². The first kappa shape index (κ1) is 14.7. The van der Waals surface area contributed by atoms with E-state index in [2.05, 4.69) is 9.71 Å². The summed E-state index contributed by atoms with van der Waals surface area (Å²) in [5.74, 6) is -0.236. The molecule has 1 aromatic rings. The fourth-order valence-electron chi connectivity index (χ4n) is 2.25. The van der Waals surface area contributed by atoms with E-state index in [-0.39, 0.29) is 23.2 Å². The largest absolute Gasteiger partial charge is 0.337 e. The lowest BCUT2D eigenvalue weighted by atomic mass is 10.1. The minimum Gasteiger partial charge on any atom is -0.337 e. The van der Waals surface area contributed by atoms with Crippen LogP contribution in [-0.4, -0.2) is 49.6 Å². The Morgan fingerprint density at radius 3 is 2.55 bits per heavy atom. The fraction of sp³-hybridized carbons (Fsp3) is 0.500. The number of nitrogens with one attached hydrogen (secondary N) is 2. The molecule has 2 rings (SSSR count). The monoisotopic (exact) mass is 299 g/mol. The maximum atomic E-state index is 12.2. The van der Waals surface area contributed by atoms with Crippen molar-refractivity contribution in [3.8, 4) is 0 Å². The Labute approximate surface area is 117 Å². The minimum atomic E-state index is -3.22. The second-order valence-corrected chi connectivity index (χ2v) is 6.67. The number of carbonyl (C=O) groups excluding carboxylic acids is 1. The van der Waals surface area contributed by atoms with Gasteiger partial charge < -0.3 is 9.88 Å². The van der Waals surface area contributed by atoms with E-state index < -0.39 is 10.0 Å². The Hall–Kier alpha value is -1.67. The van der Waals surface area contributed by atoms with Crippen LogP contribution in [0.2, 0.25) is 0 Å². The van der Waals surface area contributed by atoms with Crippen molar-refractivity contribution in [2.24, 2.45) is 0 Å². The zero-order valence-electron chi connectivity index (χ0n) is 11.1. The number of hydrogen-bond donors (Lipinski definition) is 2. The highest BCUT2D eigenvalue weighted by Crippen LogP contribution is 2.13. The van der Waals surface area contributed by atoms with Crippen LogP contribution in [0.15, 0.2) is 23.0 Å². The van der Waals surface area contributed by atoms with E-state index in [4.69, 9.17) is 0 Å². The number of carbonyl (C=O) groups is 1. The number of H-pyrrole nitrogens is 1. The summed E-state index contributed by atoms with van der Waals surface area (Å²) < 4.78 is 24.8. The minimum absolute atomic E-state index is 0.135. The van der Waals surface area contributed by atoms with Crippen molar-refractivity contribution < 1.29 is 13.2 Å². The molecule has 0 spiro atoms. The normalized spacial score (nSPS) is 17.1. The van der Waals surface area contributed by atoms with Crippen LogP contribution < -0.4 is 10.3 Å². The van der Waals surface area contributed by atoms with E-state index in [0.717, 1.165) is 6.26 Å². The average Bonchev–Trinajstić information content (AvgIpc) is 2.37. The van der Waals surface area contributed by atoms with E-state index >= 15 is 0 Å². The van der Waals surface area contributed by atoms with Crippen molar-refractivity contribution in [2.45, 2.75) is 18.9 Å². The Morgan fingerprint density at radius 2 is 2.00 bits per heavy atom. The number of hydrogen-bond acceptors (Lipinski definition) is 4. The molecule has 0 unspecified atom stereocenters. The molecule has 0 saturated carbocycles. The number of aromatic nitrogens is 1. The molecular formula is C12H17N3O4S. The van der Waals surface area contributed by atoms with Gasteiger partial charge in [0.2, 0.25) is 15.6 Å². The predicted octanol–water partition coefficient (Wildman–Crippen LogP) is -0.471. The van der Waals surface area contributed by atoms with Gasteiger partial charge in [-0.2, -0.15) is 0 Å². The van der Waals surface area contributed by atoms with E-state index in [0.29, 0.717) is 25.9 Å². The van der Waals surface area contributed by atoms with Crippen LogP contribution in [0.1, 0.15) is 23.3 Å². The molecule has 0 atom stereocenters. The third-order valence-electron chi connectivity index (χ3n) is 3.16. The number of nitrogens with zero attached hydrogens (tertiary/aromatic N) is 1. The molecule has 0 bridgehead atoms. The van der Waals surface area contributed by atoms with Crippen molar-refractivity contribution in [3.63, 3.8) is 0 Å². The lowest BCUT2D eigenvalue weighted by Crippen LogP contribution is -2.46. The summed E-state index contributed by atoms with van der Waals surface area (Å²) in [5, 5.41) is 0. The molecule has 0 radical (unpaired) electrons. The van der Waals surface area contributed by atoms with E-state index in [1.54, 1.807) is 11.0 Å². The Bertz CT molecular complexity index is 645. The van der Waals surface area contributed by atoms with Crippen LogP contribution in [0.4, 0.5) is 0 Å². The number of piperidine rings is 1. The summed E-state index contributed by atoms with van der Waals surface area (Å²) in [5.41, 5.74) is -0.0588. The number of rotatable bonds is 3. The number of sulfonamides is 1. The summed E-state index contributed by atoms with van der Waals surface area (Å²) in [6.07, 6.45) is 2.25. The van der Waals surface area contributed by atoms with Crippen molar-refractivity contribution in [1.29, 1.82) is 0 Å². The van der Waals surface area contributed by atoms with Crippen LogP contribution >= 0.6 is 0 Å². The second-order valence-electron chi connectivity index (χ2n) is 4.89. The molecule has 20 heavy (non-hydrogen) atoms. The second kappa shape index (κ2) is 5.76. The highest BCUT2D eigenvalue weighted by atomic mass is 32.2. The van der Waals surface area contributed by atoms with Gasteiger partial charge in [-0.15, -0.1) is 0 Å². The van der Waals surface area contributed by atoms with Gasteiger partial charge in [0.25, 0.3) is 5.91 Å². The number of likely N-dealkylation sites (tertiary alicyclic amines) is 1. The van der Waals surface area contributed by atoms with Gasteiger partial charge in [0.15, 0.2) is 0 Å². The molecule has 1 aliphatic rings. The molecule has 1 aliphatic heterocycles. The first-order valence-electron chi connectivity index (χ1n) is 6.31. The third kappa shape index (κ3) is 3.91. The molecular weight excluding hydrogens is 282 g/mol. The van der Waals surface area contributed by atoms with Crippen LogP contribution in [0, 0.1) is 0 Å². The Morgan fingerprint density at radius 1 is 1.35 bits per heavy atom. The van der Waals surface area contributed by atoms with Crippen molar-refractivity contribution in [3.05, 3.63) is 34.2 Å². The molecule has 1 saturated heterocycles. The van der Waals surface area contributed by atoms with Crippen molar-refractivity contribution in [2.75, 3.05) is 19.3 Å². The zero-order valence-corrected chi connectivity index (χ0v) is 11.9. The molecule has 110 valence electrons. The molecule has 0 aromatic carbocycles. The lowest BCUT2D eigenvalue weighted by Gasteiger charge is -2.31. The first-order chi connectivity index (χ1) is 9.35. The maximum absolute atomic E-state index is 12.2. The highest BCUT2D eigenvalue weighted by Gasteiger charge is 2.25. The standard InChI is InChI=1S/C12H17N3O4S/c1-20(18,19)14-9-5-7-15(8-6-9)12(17)10-3-2-4-11(16)13-10/h2-4,9,14H,5-8H2,1H3,(H,13,16). The summed E-state index contributed by atoms with van der Waals surface area (Å²) in [6, 6.07) is 4.30. The molecule has 1 amide bonds. The van der Waals surface area contributed by atoms with Gasteiger partial charge in [-0.1, -0.05) is 6.07 Å². The number of aromatic amines is 1. The molecule has 2 N–H and O–H groups in total. The molecule has 2 heterocycles. The van der Waals surface area contributed by atoms with Crippen LogP contribution in [0.25, 0.3) is 0 Å².